The maximum atomic E-state index is 12.3. The molecular formula is C17H28O4. The highest BCUT2D eigenvalue weighted by Gasteiger charge is 2.47. The normalized spacial score (nSPS) is 35.4. The van der Waals surface area contributed by atoms with Crippen molar-refractivity contribution in [3.63, 3.8) is 0 Å². The number of carbonyl (C=O) groups is 1. The molecule has 0 aromatic rings. The molecule has 1 unspecified atom stereocenters. The summed E-state index contributed by atoms with van der Waals surface area (Å²) in [5.74, 6) is 0.321. The third kappa shape index (κ3) is 3.42. The van der Waals surface area contributed by atoms with Crippen molar-refractivity contribution in [2.45, 2.75) is 70.7 Å². The summed E-state index contributed by atoms with van der Waals surface area (Å²) in [5.41, 5.74) is 0. The molecule has 2 saturated heterocycles. The summed E-state index contributed by atoms with van der Waals surface area (Å²) < 4.78 is 17.3. The molecule has 3 atom stereocenters. The molecule has 2 heterocycles. The van der Waals surface area contributed by atoms with Gasteiger partial charge in [0.15, 0.2) is 5.79 Å². The molecule has 4 heteroatoms. The first-order chi connectivity index (χ1) is 10.1. The average molecular weight is 296 g/mol. The van der Waals surface area contributed by atoms with E-state index in [-0.39, 0.29) is 23.9 Å². The first-order valence-corrected chi connectivity index (χ1v) is 8.55. The van der Waals surface area contributed by atoms with Gasteiger partial charge in [-0.2, -0.15) is 0 Å². The maximum Gasteiger partial charge on any atom is 0.309 e. The molecule has 3 rings (SSSR count). The fraction of sp³-hybridized carbons (Fsp3) is 0.941. The maximum absolute atomic E-state index is 12.3. The lowest BCUT2D eigenvalue weighted by molar-refractivity contribution is -0.169. The van der Waals surface area contributed by atoms with Crippen LogP contribution in [-0.2, 0) is 19.0 Å². The van der Waals surface area contributed by atoms with Crippen LogP contribution in [0.5, 0.6) is 0 Å². The zero-order valence-corrected chi connectivity index (χ0v) is 13.3. The van der Waals surface area contributed by atoms with Gasteiger partial charge < -0.3 is 14.2 Å². The molecule has 1 aliphatic carbocycles. The fourth-order valence-electron chi connectivity index (χ4n) is 4.37. The van der Waals surface area contributed by atoms with E-state index in [1.165, 1.54) is 32.1 Å². The zero-order chi connectivity index (χ0) is 14.9. The van der Waals surface area contributed by atoms with Gasteiger partial charge in [0.2, 0.25) is 0 Å². The van der Waals surface area contributed by atoms with E-state index < -0.39 is 5.79 Å². The number of hydrogen-bond acceptors (Lipinski definition) is 4. The molecule has 2 aliphatic heterocycles. The molecule has 1 saturated carbocycles. The minimum atomic E-state index is -0.518. The predicted octanol–water partition coefficient (Wildman–Crippen LogP) is 3.29. The second-order valence-electron chi connectivity index (χ2n) is 7.26. The minimum absolute atomic E-state index is 0.00403. The van der Waals surface area contributed by atoms with E-state index in [1.54, 1.807) is 0 Å². The number of cyclic esters (lactones) is 1. The van der Waals surface area contributed by atoms with Gasteiger partial charge in [-0.1, -0.05) is 32.1 Å². The van der Waals surface area contributed by atoms with Crippen LogP contribution >= 0.6 is 0 Å². The number of carbonyl (C=O) groups excluding carboxylic acids is 1. The molecule has 3 fully saturated rings. The monoisotopic (exact) mass is 296 g/mol. The van der Waals surface area contributed by atoms with Crippen molar-refractivity contribution in [1.29, 1.82) is 0 Å². The quantitative estimate of drug-likeness (QED) is 0.750. The molecule has 4 nitrogen and oxygen atoms in total. The Labute approximate surface area is 127 Å². The van der Waals surface area contributed by atoms with Crippen molar-refractivity contribution in [3.8, 4) is 0 Å². The largest absolute Gasteiger partial charge is 0.465 e. The van der Waals surface area contributed by atoms with Crippen LogP contribution in [-0.4, -0.2) is 31.1 Å². The van der Waals surface area contributed by atoms with E-state index in [4.69, 9.17) is 14.2 Å². The molecule has 120 valence electrons. The third-order valence-electron chi connectivity index (χ3n) is 5.33. The highest BCUT2D eigenvalue weighted by molar-refractivity contribution is 5.73. The van der Waals surface area contributed by atoms with E-state index in [0.717, 1.165) is 12.8 Å². The van der Waals surface area contributed by atoms with Crippen molar-refractivity contribution in [3.05, 3.63) is 0 Å². The van der Waals surface area contributed by atoms with Crippen LogP contribution in [0.4, 0.5) is 0 Å². The van der Waals surface area contributed by atoms with Crippen molar-refractivity contribution >= 4 is 5.97 Å². The van der Waals surface area contributed by atoms with Crippen molar-refractivity contribution in [2.75, 3.05) is 13.2 Å². The van der Waals surface area contributed by atoms with Gasteiger partial charge in [0.1, 0.15) is 0 Å². The van der Waals surface area contributed by atoms with Gasteiger partial charge in [-0.3, -0.25) is 4.79 Å². The Morgan fingerprint density at radius 2 is 1.86 bits per heavy atom. The van der Waals surface area contributed by atoms with Crippen LogP contribution in [0.3, 0.4) is 0 Å². The lowest BCUT2D eigenvalue weighted by atomic mass is 9.70. The van der Waals surface area contributed by atoms with E-state index in [2.05, 4.69) is 0 Å². The van der Waals surface area contributed by atoms with Crippen LogP contribution in [0.15, 0.2) is 0 Å². The first kappa shape index (κ1) is 15.3. The van der Waals surface area contributed by atoms with E-state index in [1.807, 2.05) is 13.8 Å². The van der Waals surface area contributed by atoms with Crippen LogP contribution in [0.1, 0.15) is 58.8 Å². The lowest BCUT2D eigenvalue weighted by Crippen LogP contribution is -2.43. The van der Waals surface area contributed by atoms with Crippen LogP contribution in [0.2, 0.25) is 0 Å². The fourth-order valence-corrected chi connectivity index (χ4v) is 4.37. The summed E-state index contributed by atoms with van der Waals surface area (Å²) in [5, 5.41) is 0. The van der Waals surface area contributed by atoms with Crippen LogP contribution < -0.4 is 0 Å². The van der Waals surface area contributed by atoms with Gasteiger partial charge in [0.25, 0.3) is 0 Å². The van der Waals surface area contributed by atoms with Gasteiger partial charge in [0, 0.05) is 5.92 Å². The Hall–Kier alpha value is -0.610. The molecule has 21 heavy (non-hydrogen) atoms. The zero-order valence-electron chi connectivity index (χ0n) is 13.3. The smallest absolute Gasteiger partial charge is 0.309 e. The Morgan fingerprint density at radius 1 is 1.10 bits per heavy atom. The molecule has 0 aromatic heterocycles. The topological polar surface area (TPSA) is 44.8 Å². The van der Waals surface area contributed by atoms with Gasteiger partial charge in [-0.15, -0.1) is 0 Å². The second-order valence-corrected chi connectivity index (χ2v) is 7.26. The van der Waals surface area contributed by atoms with Gasteiger partial charge >= 0.3 is 5.97 Å². The molecule has 0 spiro atoms. The summed E-state index contributed by atoms with van der Waals surface area (Å²) in [6, 6.07) is 0. The molecule has 0 N–H and O–H groups in total. The molecule has 0 radical (unpaired) electrons. The predicted molar refractivity (Wildman–Crippen MR) is 78.7 cm³/mol. The standard InChI is InChI=1S/C17H28O4/c1-17(2)20-11-14(21-17)15(12-7-4-3-5-8-12)13-9-6-10-19-16(13)18/h12-15H,3-11H2,1-2H3/t13?,14-,15-/m1/s1. The van der Waals surface area contributed by atoms with Gasteiger partial charge in [-0.05, 0) is 32.6 Å². The summed E-state index contributed by atoms with van der Waals surface area (Å²) >= 11 is 0. The first-order valence-electron chi connectivity index (χ1n) is 8.55. The Bertz CT molecular complexity index is 373. The Balaban J connectivity index is 1.78. The second kappa shape index (κ2) is 6.25. The molecule has 3 aliphatic rings. The lowest BCUT2D eigenvalue weighted by Gasteiger charge is -2.39. The average Bonchev–Trinajstić information content (AvgIpc) is 2.82. The number of rotatable bonds is 3. The molecule has 0 aromatic carbocycles. The Kier molecular flexibility index (Phi) is 4.55. The van der Waals surface area contributed by atoms with Crippen molar-refractivity contribution in [2.24, 2.45) is 17.8 Å². The summed E-state index contributed by atoms with van der Waals surface area (Å²) in [6.07, 6.45) is 8.28. The van der Waals surface area contributed by atoms with Crippen molar-refractivity contribution < 1.29 is 19.0 Å². The highest BCUT2D eigenvalue weighted by atomic mass is 16.7. The Morgan fingerprint density at radius 3 is 2.48 bits per heavy atom. The van der Waals surface area contributed by atoms with Crippen LogP contribution in [0, 0.1) is 17.8 Å². The summed E-state index contributed by atoms with van der Waals surface area (Å²) in [7, 11) is 0. The SMILES string of the molecule is CC1(C)OC[C@H]([C@H](C2CCCCC2)C2CCCOC2=O)O1. The van der Waals surface area contributed by atoms with E-state index >= 15 is 0 Å². The van der Waals surface area contributed by atoms with Crippen molar-refractivity contribution in [1.82, 2.24) is 0 Å². The van der Waals surface area contributed by atoms with Gasteiger partial charge in [0.05, 0.1) is 25.2 Å². The number of esters is 1. The minimum Gasteiger partial charge on any atom is -0.465 e. The molecule has 0 bridgehead atoms. The third-order valence-corrected chi connectivity index (χ3v) is 5.33. The summed E-state index contributed by atoms with van der Waals surface area (Å²) in [4.78, 5) is 12.3. The summed E-state index contributed by atoms with van der Waals surface area (Å²) in [6.45, 7) is 5.12. The molecular weight excluding hydrogens is 268 g/mol. The van der Waals surface area contributed by atoms with Crippen LogP contribution in [0.25, 0.3) is 0 Å². The van der Waals surface area contributed by atoms with E-state index in [0.29, 0.717) is 19.1 Å². The number of ether oxygens (including phenoxy) is 3. The van der Waals surface area contributed by atoms with Gasteiger partial charge in [-0.25, -0.2) is 0 Å². The van der Waals surface area contributed by atoms with E-state index in [9.17, 15) is 4.79 Å². The highest BCUT2D eigenvalue weighted by Crippen LogP contribution is 2.43. The molecule has 0 amide bonds. The number of hydrogen-bond donors (Lipinski definition) is 0.